The summed E-state index contributed by atoms with van der Waals surface area (Å²) in [6.45, 7) is 8.32. The summed E-state index contributed by atoms with van der Waals surface area (Å²) in [6.07, 6.45) is 1.79. The molecule has 2 rings (SSSR count). The predicted octanol–water partition coefficient (Wildman–Crippen LogP) is 4.30. The second-order valence-corrected chi connectivity index (χ2v) is 5.72. The van der Waals surface area contributed by atoms with Gasteiger partial charge in [-0.2, -0.15) is 0 Å². The number of ether oxygens (including phenoxy) is 1. The molecule has 0 amide bonds. The van der Waals surface area contributed by atoms with E-state index in [9.17, 15) is 4.79 Å². The Labute approximate surface area is 143 Å². The maximum absolute atomic E-state index is 11.5. The van der Waals surface area contributed by atoms with E-state index < -0.39 is 0 Å². The Balaban J connectivity index is 2.26. The quantitative estimate of drug-likeness (QED) is 0.451. The molecule has 0 saturated heterocycles. The molecule has 5 nitrogen and oxygen atoms in total. The number of hydrogen-bond donors (Lipinski definition) is 0. The molecule has 0 N–H and O–H groups in total. The van der Waals surface area contributed by atoms with Crippen LogP contribution in [0.15, 0.2) is 35.3 Å². The number of rotatable bonds is 6. The summed E-state index contributed by atoms with van der Waals surface area (Å²) in [6, 6.07) is 9.05. The van der Waals surface area contributed by atoms with Crippen LogP contribution in [0.25, 0.3) is 0 Å². The van der Waals surface area contributed by atoms with E-state index in [1.807, 2.05) is 37.9 Å². The number of hydrogen-bond acceptors (Lipinski definition) is 4. The van der Waals surface area contributed by atoms with Gasteiger partial charge in [0.15, 0.2) is 5.78 Å². The molecular formula is C19H23N3O2. The highest BCUT2D eigenvalue weighted by molar-refractivity contribution is 5.94. The van der Waals surface area contributed by atoms with Crippen LogP contribution in [-0.2, 0) is 0 Å². The molecule has 126 valence electrons. The zero-order valence-electron chi connectivity index (χ0n) is 14.8. The summed E-state index contributed by atoms with van der Waals surface area (Å²) in [7, 11) is 1.97. The minimum absolute atomic E-state index is 0.00559. The predicted molar refractivity (Wildman–Crippen MR) is 96.7 cm³/mol. The van der Waals surface area contributed by atoms with Crippen molar-refractivity contribution in [2.24, 2.45) is 4.99 Å². The SMILES string of the molecule is CCN(C)C=Nc1cc(C)c(Oc2cccc(C(C)=O)c2)nc1C. The third kappa shape index (κ3) is 4.41. The average molecular weight is 325 g/mol. The molecule has 2 aromatic rings. The first kappa shape index (κ1) is 17.7. The number of benzene rings is 1. The molecule has 0 fully saturated rings. The summed E-state index contributed by atoms with van der Waals surface area (Å²) < 4.78 is 5.86. The molecule has 0 radical (unpaired) electrons. The number of nitrogens with zero attached hydrogens (tertiary/aromatic N) is 3. The third-order valence-electron chi connectivity index (χ3n) is 3.68. The smallest absolute Gasteiger partial charge is 0.222 e. The molecule has 0 unspecified atom stereocenters. The number of aliphatic imine (C=N–C) groups is 1. The largest absolute Gasteiger partial charge is 0.439 e. The standard InChI is InChI=1S/C19H23N3O2/c1-6-22(5)12-20-18-10-13(2)19(21-14(18)3)24-17-9-7-8-16(11-17)15(4)23/h7-12H,6H2,1-5H3. The Morgan fingerprint density at radius 3 is 2.75 bits per heavy atom. The van der Waals surface area contributed by atoms with Crippen molar-refractivity contribution in [1.29, 1.82) is 0 Å². The van der Waals surface area contributed by atoms with Crippen LogP contribution in [-0.4, -0.2) is 35.6 Å². The van der Waals surface area contributed by atoms with Crippen LogP contribution in [0.4, 0.5) is 5.69 Å². The minimum Gasteiger partial charge on any atom is -0.439 e. The molecule has 5 heteroatoms. The summed E-state index contributed by atoms with van der Waals surface area (Å²) >= 11 is 0. The molecule has 0 aliphatic rings. The Kier molecular flexibility index (Phi) is 5.68. The van der Waals surface area contributed by atoms with Gasteiger partial charge < -0.3 is 9.64 Å². The molecule has 24 heavy (non-hydrogen) atoms. The van der Waals surface area contributed by atoms with Crippen molar-refractivity contribution in [2.75, 3.05) is 13.6 Å². The molecule has 0 spiro atoms. The van der Waals surface area contributed by atoms with Crippen molar-refractivity contribution in [3.05, 3.63) is 47.2 Å². The summed E-state index contributed by atoms with van der Waals surface area (Å²) in [4.78, 5) is 22.4. The number of Topliss-reactive ketones (excluding diaryl/α,β-unsaturated/α-hetero) is 1. The molecule has 0 atom stereocenters. The molecule has 1 heterocycles. The van der Waals surface area contributed by atoms with Crippen LogP contribution in [0.5, 0.6) is 11.6 Å². The molecule has 1 aromatic heterocycles. The molecule has 0 bridgehead atoms. The fourth-order valence-electron chi connectivity index (χ4n) is 2.04. The fourth-order valence-corrected chi connectivity index (χ4v) is 2.04. The van der Waals surface area contributed by atoms with Crippen LogP contribution in [0.2, 0.25) is 0 Å². The highest BCUT2D eigenvalue weighted by Gasteiger charge is 2.09. The highest BCUT2D eigenvalue weighted by Crippen LogP contribution is 2.28. The molecule has 0 aliphatic carbocycles. The van der Waals surface area contributed by atoms with E-state index in [-0.39, 0.29) is 5.78 Å². The van der Waals surface area contributed by atoms with E-state index >= 15 is 0 Å². The van der Waals surface area contributed by atoms with Crippen molar-refractivity contribution < 1.29 is 9.53 Å². The van der Waals surface area contributed by atoms with Gasteiger partial charge >= 0.3 is 0 Å². The lowest BCUT2D eigenvalue weighted by molar-refractivity contribution is 0.101. The average Bonchev–Trinajstić information content (AvgIpc) is 2.56. The van der Waals surface area contributed by atoms with Crippen molar-refractivity contribution >= 4 is 17.8 Å². The lowest BCUT2D eigenvalue weighted by Gasteiger charge is -2.12. The Hall–Kier alpha value is -2.69. The van der Waals surface area contributed by atoms with Gasteiger partial charge in [0.05, 0.1) is 17.7 Å². The third-order valence-corrected chi connectivity index (χ3v) is 3.68. The van der Waals surface area contributed by atoms with Crippen molar-refractivity contribution in [3.8, 4) is 11.6 Å². The van der Waals surface area contributed by atoms with E-state index in [0.717, 1.165) is 23.5 Å². The zero-order chi connectivity index (χ0) is 17.7. The summed E-state index contributed by atoms with van der Waals surface area (Å²) in [5.74, 6) is 1.13. The van der Waals surface area contributed by atoms with Gasteiger partial charge in [0.25, 0.3) is 0 Å². The van der Waals surface area contributed by atoms with E-state index in [1.54, 1.807) is 24.5 Å². The van der Waals surface area contributed by atoms with Crippen LogP contribution < -0.4 is 4.74 Å². The topological polar surface area (TPSA) is 54.8 Å². The Bertz CT molecular complexity index is 769. The maximum atomic E-state index is 11.5. The van der Waals surface area contributed by atoms with Gasteiger partial charge in [-0.3, -0.25) is 4.79 Å². The van der Waals surface area contributed by atoms with Gasteiger partial charge in [-0.1, -0.05) is 12.1 Å². The maximum Gasteiger partial charge on any atom is 0.222 e. The van der Waals surface area contributed by atoms with E-state index in [2.05, 4.69) is 16.9 Å². The number of carbonyl (C=O) groups is 1. The first-order valence-electron chi connectivity index (χ1n) is 7.92. The van der Waals surface area contributed by atoms with E-state index in [1.165, 1.54) is 6.92 Å². The van der Waals surface area contributed by atoms with Crippen LogP contribution >= 0.6 is 0 Å². The van der Waals surface area contributed by atoms with Gasteiger partial charge in [0, 0.05) is 24.7 Å². The van der Waals surface area contributed by atoms with Crippen LogP contribution in [0.3, 0.4) is 0 Å². The van der Waals surface area contributed by atoms with Crippen LogP contribution in [0.1, 0.15) is 35.5 Å². The van der Waals surface area contributed by atoms with Crippen molar-refractivity contribution in [3.63, 3.8) is 0 Å². The molecule has 0 aliphatic heterocycles. The van der Waals surface area contributed by atoms with Gasteiger partial charge in [0.2, 0.25) is 5.88 Å². The second-order valence-electron chi connectivity index (χ2n) is 5.72. The summed E-state index contributed by atoms with van der Waals surface area (Å²) in [5.41, 5.74) is 3.11. The van der Waals surface area contributed by atoms with E-state index in [4.69, 9.17) is 4.74 Å². The Morgan fingerprint density at radius 1 is 1.33 bits per heavy atom. The number of carbonyl (C=O) groups excluding carboxylic acids is 1. The van der Waals surface area contributed by atoms with Crippen molar-refractivity contribution in [2.45, 2.75) is 27.7 Å². The van der Waals surface area contributed by atoms with Gasteiger partial charge in [-0.05, 0) is 45.9 Å². The number of pyridine rings is 1. The first-order chi connectivity index (χ1) is 11.4. The number of aromatic nitrogens is 1. The number of ketones is 1. The van der Waals surface area contributed by atoms with E-state index in [0.29, 0.717) is 17.2 Å². The van der Waals surface area contributed by atoms with Gasteiger partial charge in [-0.15, -0.1) is 0 Å². The highest BCUT2D eigenvalue weighted by atomic mass is 16.5. The second kappa shape index (κ2) is 7.73. The van der Waals surface area contributed by atoms with Crippen molar-refractivity contribution in [1.82, 2.24) is 9.88 Å². The Morgan fingerprint density at radius 2 is 2.08 bits per heavy atom. The fraction of sp³-hybridized carbons (Fsp3) is 0.316. The van der Waals surface area contributed by atoms with Crippen LogP contribution in [0, 0.1) is 13.8 Å². The minimum atomic E-state index is 0.00559. The first-order valence-corrected chi connectivity index (χ1v) is 7.92. The monoisotopic (exact) mass is 325 g/mol. The molecule has 1 aromatic carbocycles. The normalized spacial score (nSPS) is 10.9. The zero-order valence-corrected chi connectivity index (χ0v) is 14.8. The lowest BCUT2D eigenvalue weighted by atomic mass is 10.1. The van der Waals surface area contributed by atoms with Gasteiger partial charge in [0.1, 0.15) is 5.75 Å². The van der Waals surface area contributed by atoms with Gasteiger partial charge in [-0.25, -0.2) is 9.98 Å². The number of aryl methyl sites for hydroxylation is 2. The molecular weight excluding hydrogens is 302 g/mol. The lowest BCUT2D eigenvalue weighted by Crippen LogP contribution is -2.14. The molecule has 0 saturated carbocycles. The summed E-state index contributed by atoms with van der Waals surface area (Å²) in [5, 5.41) is 0.